The third-order valence-corrected chi connectivity index (χ3v) is 4.02. The number of hydrogen-bond donors (Lipinski definition) is 1. The van der Waals surface area contributed by atoms with Crippen molar-refractivity contribution in [3.05, 3.63) is 51.9 Å². The highest BCUT2D eigenvalue weighted by molar-refractivity contribution is 9.10. The van der Waals surface area contributed by atoms with Gasteiger partial charge in [-0.05, 0) is 34.3 Å². The minimum atomic E-state index is -0.498. The Morgan fingerprint density at radius 2 is 2.00 bits per heavy atom. The molecule has 6 heteroatoms. The van der Waals surface area contributed by atoms with Gasteiger partial charge in [0, 0.05) is 5.92 Å². The van der Waals surface area contributed by atoms with E-state index in [4.69, 9.17) is 10.5 Å². The number of hydrogen-bond acceptors (Lipinski definition) is 5. The number of nitrogen functional groups attached to an aromatic ring is 1. The number of carbonyl (C=O) groups is 1. The summed E-state index contributed by atoms with van der Waals surface area (Å²) in [6, 6.07) is 9.49. The first kappa shape index (κ1) is 14.0. The Kier molecular flexibility index (Phi) is 3.88. The van der Waals surface area contributed by atoms with Crippen LogP contribution in [-0.2, 0) is 11.3 Å². The van der Waals surface area contributed by atoms with Crippen molar-refractivity contribution in [2.75, 3.05) is 5.73 Å². The first-order valence-corrected chi connectivity index (χ1v) is 7.48. The van der Waals surface area contributed by atoms with Gasteiger partial charge in [-0.25, -0.2) is 14.8 Å². The minimum Gasteiger partial charge on any atom is -0.456 e. The molecular formula is C15H14BrN3O2. The number of rotatable bonds is 4. The molecule has 2 N–H and O–H groups in total. The molecule has 0 spiro atoms. The van der Waals surface area contributed by atoms with Gasteiger partial charge >= 0.3 is 5.97 Å². The van der Waals surface area contributed by atoms with Crippen molar-refractivity contribution in [3.63, 3.8) is 0 Å². The summed E-state index contributed by atoms with van der Waals surface area (Å²) in [4.78, 5) is 20.7. The number of halogens is 1. The SMILES string of the molecule is Nc1nc(C2CC2)nc(C(=O)OCc2ccccc2)c1Br. The molecule has 1 aliphatic carbocycles. The number of nitrogens with zero attached hydrogens (tertiary/aromatic N) is 2. The fraction of sp³-hybridized carbons (Fsp3) is 0.267. The van der Waals surface area contributed by atoms with Crippen LogP contribution in [0.5, 0.6) is 0 Å². The van der Waals surface area contributed by atoms with E-state index in [9.17, 15) is 4.79 Å². The monoisotopic (exact) mass is 347 g/mol. The number of benzene rings is 1. The first-order valence-electron chi connectivity index (χ1n) is 6.69. The Labute approximate surface area is 130 Å². The summed E-state index contributed by atoms with van der Waals surface area (Å²) in [5.41, 5.74) is 6.94. The molecule has 1 saturated carbocycles. The topological polar surface area (TPSA) is 78.1 Å². The first-order chi connectivity index (χ1) is 10.1. The Morgan fingerprint density at radius 3 is 2.67 bits per heavy atom. The van der Waals surface area contributed by atoms with Crippen LogP contribution >= 0.6 is 15.9 Å². The molecule has 1 aromatic carbocycles. The van der Waals surface area contributed by atoms with E-state index in [-0.39, 0.29) is 18.1 Å². The van der Waals surface area contributed by atoms with Gasteiger partial charge in [0.1, 0.15) is 18.2 Å². The summed E-state index contributed by atoms with van der Waals surface area (Å²) < 4.78 is 5.68. The number of esters is 1. The lowest BCUT2D eigenvalue weighted by atomic mass is 10.2. The zero-order valence-corrected chi connectivity index (χ0v) is 12.8. The predicted octanol–water partition coefficient (Wildman–Crippen LogP) is 3.06. The Balaban J connectivity index is 1.77. The number of nitrogens with two attached hydrogens (primary N) is 1. The van der Waals surface area contributed by atoms with Crippen molar-refractivity contribution < 1.29 is 9.53 Å². The summed E-state index contributed by atoms with van der Waals surface area (Å²) in [6.45, 7) is 0.203. The van der Waals surface area contributed by atoms with Gasteiger partial charge in [0.05, 0.1) is 4.47 Å². The van der Waals surface area contributed by atoms with E-state index in [1.807, 2.05) is 30.3 Å². The normalized spacial score (nSPS) is 14.0. The van der Waals surface area contributed by atoms with E-state index in [0.29, 0.717) is 16.2 Å². The van der Waals surface area contributed by atoms with Crippen molar-refractivity contribution in [1.82, 2.24) is 9.97 Å². The van der Waals surface area contributed by atoms with Crippen LogP contribution in [0.25, 0.3) is 0 Å². The second-order valence-corrected chi connectivity index (χ2v) is 5.76. The molecule has 1 aliphatic rings. The maximum Gasteiger partial charge on any atom is 0.358 e. The lowest BCUT2D eigenvalue weighted by molar-refractivity contribution is 0.0464. The van der Waals surface area contributed by atoms with Gasteiger partial charge in [0.25, 0.3) is 0 Å². The lowest BCUT2D eigenvalue weighted by Gasteiger charge is -2.09. The molecule has 0 radical (unpaired) electrons. The molecular weight excluding hydrogens is 334 g/mol. The highest BCUT2D eigenvalue weighted by Crippen LogP contribution is 2.39. The van der Waals surface area contributed by atoms with Crippen LogP contribution in [0.1, 0.15) is 40.6 Å². The molecule has 1 aromatic heterocycles. The molecule has 21 heavy (non-hydrogen) atoms. The summed E-state index contributed by atoms with van der Waals surface area (Å²) in [6.07, 6.45) is 2.08. The second-order valence-electron chi connectivity index (χ2n) is 4.97. The van der Waals surface area contributed by atoms with Crippen LogP contribution in [0.2, 0.25) is 0 Å². The number of carbonyl (C=O) groups excluding carboxylic acids is 1. The van der Waals surface area contributed by atoms with Crippen LogP contribution in [0.3, 0.4) is 0 Å². The highest BCUT2D eigenvalue weighted by atomic mass is 79.9. The van der Waals surface area contributed by atoms with E-state index in [0.717, 1.165) is 18.4 Å². The van der Waals surface area contributed by atoms with Crippen LogP contribution in [-0.4, -0.2) is 15.9 Å². The Bertz CT molecular complexity index is 672. The average Bonchev–Trinajstić information content (AvgIpc) is 3.33. The molecule has 0 saturated heterocycles. The third kappa shape index (κ3) is 3.21. The Morgan fingerprint density at radius 1 is 1.29 bits per heavy atom. The van der Waals surface area contributed by atoms with E-state index in [1.165, 1.54) is 0 Å². The molecule has 0 bridgehead atoms. The summed E-state index contributed by atoms with van der Waals surface area (Å²) >= 11 is 3.26. The maximum atomic E-state index is 12.2. The van der Waals surface area contributed by atoms with Crippen molar-refractivity contribution in [2.45, 2.75) is 25.4 Å². The van der Waals surface area contributed by atoms with E-state index in [2.05, 4.69) is 25.9 Å². The largest absolute Gasteiger partial charge is 0.456 e. The van der Waals surface area contributed by atoms with Gasteiger partial charge < -0.3 is 10.5 Å². The smallest absolute Gasteiger partial charge is 0.358 e. The van der Waals surface area contributed by atoms with Gasteiger partial charge in [-0.2, -0.15) is 0 Å². The summed E-state index contributed by atoms with van der Waals surface area (Å²) in [5, 5.41) is 0. The fourth-order valence-electron chi connectivity index (χ4n) is 1.93. The molecule has 1 heterocycles. The van der Waals surface area contributed by atoms with E-state index >= 15 is 0 Å². The maximum absolute atomic E-state index is 12.2. The van der Waals surface area contributed by atoms with Crippen molar-refractivity contribution in [3.8, 4) is 0 Å². The van der Waals surface area contributed by atoms with Gasteiger partial charge in [-0.3, -0.25) is 0 Å². The quantitative estimate of drug-likeness (QED) is 0.860. The van der Waals surface area contributed by atoms with Crippen LogP contribution < -0.4 is 5.73 Å². The predicted molar refractivity (Wildman–Crippen MR) is 81.7 cm³/mol. The average molecular weight is 348 g/mol. The van der Waals surface area contributed by atoms with Crippen LogP contribution in [0.15, 0.2) is 34.8 Å². The van der Waals surface area contributed by atoms with Crippen LogP contribution in [0.4, 0.5) is 5.82 Å². The van der Waals surface area contributed by atoms with Gasteiger partial charge in [-0.1, -0.05) is 30.3 Å². The second kappa shape index (κ2) is 5.81. The molecule has 1 fully saturated rings. The van der Waals surface area contributed by atoms with Crippen molar-refractivity contribution >= 4 is 27.7 Å². The number of anilines is 1. The van der Waals surface area contributed by atoms with Gasteiger partial charge in [-0.15, -0.1) is 0 Å². The van der Waals surface area contributed by atoms with E-state index < -0.39 is 5.97 Å². The zero-order chi connectivity index (χ0) is 14.8. The standard InChI is InChI=1S/C15H14BrN3O2/c16-11-12(18-14(10-6-7-10)19-13(11)17)15(20)21-8-9-4-2-1-3-5-9/h1-5,10H,6-8H2,(H2,17,18,19). The van der Waals surface area contributed by atoms with Crippen LogP contribution in [0, 0.1) is 0 Å². The summed E-state index contributed by atoms with van der Waals surface area (Å²) in [5.74, 6) is 0.726. The Hall–Kier alpha value is -1.95. The molecule has 0 aliphatic heterocycles. The van der Waals surface area contributed by atoms with Gasteiger partial charge in [0.15, 0.2) is 5.69 Å². The number of ether oxygens (including phenoxy) is 1. The molecule has 3 rings (SSSR count). The zero-order valence-electron chi connectivity index (χ0n) is 11.3. The summed E-state index contributed by atoms with van der Waals surface area (Å²) in [7, 11) is 0. The highest BCUT2D eigenvalue weighted by Gasteiger charge is 2.29. The molecule has 108 valence electrons. The fourth-order valence-corrected chi connectivity index (χ4v) is 2.27. The molecule has 0 atom stereocenters. The molecule has 0 amide bonds. The van der Waals surface area contributed by atoms with E-state index in [1.54, 1.807) is 0 Å². The molecule has 2 aromatic rings. The lowest BCUT2D eigenvalue weighted by Crippen LogP contribution is -2.13. The number of aromatic nitrogens is 2. The van der Waals surface area contributed by atoms with Gasteiger partial charge in [0.2, 0.25) is 0 Å². The van der Waals surface area contributed by atoms with Crippen molar-refractivity contribution in [2.24, 2.45) is 0 Å². The minimum absolute atomic E-state index is 0.195. The molecule has 5 nitrogen and oxygen atoms in total. The molecule has 0 unspecified atom stereocenters. The third-order valence-electron chi connectivity index (χ3n) is 3.24. The van der Waals surface area contributed by atoms with Crippen molar-refractivity contribution in [1.29, 1.82) is 0 Å².